The molecule has 0 aliphatic heterocycles. The van der Waals surface area contributed by atoms with E-state index in [2.05, 4.69) is 15.4 Å². The first-order chi connectivity index (χ1) is 16.2. The first-order valence-electron chi connectivity index (χ1n) is 10.7. The van der Waals surface area contributed by atoms with Crippen LogP contribution in [0.3, 0.4) is 0 Å². The maximum Gasteiger partial charge on any atom is 0.294 e. The molecule has 0 saturated carbocycles. The Kier molecular flexibility index (Phi) is 6.39. The molecule has 8 nitrogen and oxygen atoms in total. The van der Waals surface area contributed by atoms with Crippen LogP contribution in [0.1, 0.15) is 21.7 Å². The Morgan fingerprint density at radius 3 is 2.35 bits per heavy atom. The average Bonchev–Trinajstić information content (AvgIpc) is 3.19. The Morgan fingerprint density at radius 2 is 1.71 bits per heavy atom. The topological polar surface area (TPSA) is 95.3 Å². The molecule has 0 aliphatic rings. The van der Waals surface area contributed by atoms with Crippen molar-refractivity contribution in [2.45, 2.75) is 34.2 Å². The van der Waals surface area contributed by atoms with Crippen molar-refractivity contribution in [3.05, 3.63) is 62.4 Å². The van der Waals surface area contributed by atoms with Crippen LogP contribution in [0.4, 0.5) is 5.69 Å². The highest BCUT2D eigenvalue weighted by atomic mass is 32.1. The van der Waals surface area contributed by atoms with Gasteiger partial charge in [-0.2, -0.15) is 5.10 Å². The monoisotopic (exact) mass is 478 g/mol. The Bertz CT molecular complexity index is 1450. The smallest absolute Gasteiger partial charge is 0.294 e. The summed E-state index contributed by atoms with van der Waals surface area (Å²) in [5, 5.41) is 8.25. The van der Waals surface area contributed by atoms with Gasteiger partial charge in [0, 0.05) is 11.3 Å². The summed E-state index contributed by atoms with van der Waals surface area (Å²) >= 11 is 1.39. The van der Waals surface area contributed by atoms with E-state index in [1.54, 1.807) is 26.4 Å². The van der Waals surface area contributed by atoms with Crippen molar-refractivity contribution < 1.29 is 14.3 Å². The lowest BCUT2D eigenvalue weighted by atomic mass is 10.1. The normalized spacial score (nSPS) is 11.0. The van der Waals surface area contributed by atoms with Crippen LogP contribution in [0.2, 0.25) is 0 Å². The number of hydrogen-bond acceptors (Lipinski definition) is 7. The molecule has 0 spiro atoms. The molecule has 2 aromatic heterocycles. The summed E-state index contributed by atoms with van der Waals surface area (Å²) in [6, 6.07) is 9.43. The molecule has 0 saturated heterocycles. The van der Waals surface area contributed by atoms with Crippen LogP contribution < -0.4 is 20.3 Å². The fourth-order valence-corrected chi connectivity index (χ4v) is 4.96. The minimum Gasteiger partial charge on any atom is -0.493 e. The number of thiazole rings is 1. The van der Waals surface area contributed by atoms with E-state index in [0.717, 1.165) is 32.9 Å². The number of ether oxygens (including phenoxy) is 2. The molecular weight excluding hydrogens is 452 g/mol. The summed E-state index contributed by atoms with van der Waals surface area (Å²) in [5.41, 5.74) is 4.95. The largest absolute Gasteiger partial charge is 0.493 e. The van der Waals surface area contributed by atoms with Crippen molar-refractivity contribution in [3.8, 4) is 22.8 Å². The zero-order valence-corrected chi connectivity index (χ0v) is 20.8. The van der Waals surface area contributed by atoms with Crippen LogP contribution >= 0.6 is 11.3 Å². The van der Waals surface area contributed by atoms with Gasteiger partial charge in [-0.25, -0.2) is 9.67 Å². The molecule has 4 rings (SSSR count). The van der Waals surface area contributed by atoms with Crippen LogP contribution in [-0.4, -0.2) is 34.9 Å². The maximum atomic E-state index is 13.1. The lowest BCUT2D eigenvalue weighted by molar-refractivity contribution is -0.117. The van der Waals surface area contributed by atoms with Crippen molar-refractivity contribution in [2.75, 3.05) is 19.5 Å². The van der Waals surface area contributed by atoms with Crippen LogP contribution in [0, 0.1) is 27.7 Å². The summed E-state index contributed by atoms with van der Waals surface area (Å²) in [6.45, 7) is 7.50. The Balaban J connectivity index is 1.77. The third-order valence-electron chi connectivity index (χ3n) is 5.50. The van der Waals surface area contributed by atoms with Gasteiger partial charge in [-0.15, -0.1) is 11.3 Å². The van der Waals surface area contributed by atoms with E-state index < -0.39 is 5.56 Å². The maximum absolute atomic E-state index is 13.1. The molecule has 176 valence electrons. The van der Waals surface area contributed by atoms with E-state index >= 15 is 0 Å². The second-order valence-electron chi connectivity index (χ2n) is 8.11. The highest BCUT2D eigenvalue weighted by Gasteiger charge is 2.19. The van der Waals surface area contributed by atoms with Gasteiger partial charge in [0.15, 0.2) is 17.0 Å². The molecule has 34 heavy (non-hydrogen) atoms. The number of carbonyl (C=O) groups is 1. The molecule has 0 radical (unpaired) electrons. The molecule has 0 atom stereocenters. The van der Waals surface area contributed by atoms with Crippen molar-refractivity contribution >= 4 is 33.1 Å². The number of hydrogen-bond donors (Lipinski definition) is 1. The molecule has 2 heterocycles. The van der Waals surface area contributed by atoms with Gasteiger partial charge >= 0.3 is 0 Å². The molecule has 0 aliphatic carbocycles. The van der Waals surface area contributed by atoms with Gasteiger partial charge in [0.25, 0.3) is 5.56 Å². The van der Waals surface area contributed by atoms with Crippen molar-refractivity contribution in [1.29, 1.82) is 0 Å². The number of nitrogens with zero attached hydrogens (tertiary/aromatic N) is 3. The molecule has 9 heteroatoms. The summed E-state index contributed by atoms with van der Waals surface area (Å²) in [7, 11) is 3.12. The molecular formula is C25H26N4O4S. The number of nitrogens with one attached hydrogen (secondary N) is 1. The number of aryl methyl sites for hydroxylation is 4. The summed E-state index contributed by atoms with van der Waals surface area (Å²) in [6.07, 6.45) is 0. The molecule has 1 N–H and O–H groups in total. The summed E-state index contributed by atoms with van der Waals surface area (Å²) in [4.78, 5) is 30.5. The van der Waals surface area contributed by atoms with Crippen LogP contribution in [-0.2, 0) is 11.3 Å². The van der Waals surface area contributed by atoms with Gasteiger partial charge in [-0.1, -0.05) is 17.7 Å². The number of aromatic nitrogens is 3. The number of benzene rings is 2. The second-order valence-corrected chi connectivity index (χ2v) is 9.32. The lowest BCUT2D eigenvalue weighted by Crippen LogP contribution is -2.30. The van der Waals surface area contributed by atoms with Crippen LogP contribution in [0.25, 0.3) is 21.5 Å². The third kappa shape index (κ3) is 4.38. The predicted molar refractivity (Wildman–Crippen MR) is 134 cm³/mol. The van der Waals surface area contributed by atoms with Gasteiger partial charge in [0.05, 0.1) is 23.9 Å². The lowest BCUT2D eigenvalue weighted by Gasteiger charge is -2.14. The van der Waals surface area contributed by atoms with Gasteiger partial charge < -0.3 is 14.8 Å². The van der Waals surface area contributed by atoms with Crippen molar-refractivity contribution in [1.82, 2.24) is 14.8 Å². The molecule has 0 bridgehead atoms. The first-order valence-corrected chi connectivity index (χ1v) is 11.5. The van der Waals surface area contributed by atoms with Gasteiger partial charge in [-0.3, -0.25) is 9.59 Å². The fraction of sp³-hybridized carbons (Fsp3) is 0.280. The standard InChI is InChI=1S/C25H26N4O4S/c1-13-9-14(2)21(15(3)10-13)27-20(30)12-29-25(31)23-24(34-16(4)26-23)22(28-29)17-7-8-18(32-5)19(11-17)33-6/h7-11H,12H2,1-6H3,(H,27,30). The SMILES string of the molecule is COc1ccc(-c2nn(CC(=O)Nc3c(C)cc(C)cc3C)c(=O)c3nc(C)sc23)cc1OC. The minimum atomic E-state index is -0.406. The quantitative estimate of drug-likeness (QED) is 0.441. The second kappa shape index (κ2) is 9.26. The zero-order valence-electron chi connectivity index (χ0n) is 20.0. The minimum absolute atomic E-state index is 0.238. The highest BCUT2D eigenvalue weighted by Crippen LogP contribution is 2.35. The fourth-order valence-electron chi connectivity index (χ4n) is 4.04. The average molecular weight is 479 g/mol. The van der Waals surface area contributed by atoms with Crippen LogP contribution in [0.15, 0.2) is 35.1 Å². The Morgan fingerprint density at radius 1 is 1.03 bits per heavy atom. The number of rotatable bonds is 6. The van der Waals surface area contributed by atoms with Gasteiger partial charge in [0.1, 0.15) is 12.2 Å². The zero-order chi connectivity index (χ0) is 24.6. The third-order valence-corrected chi connectivity index (χ3v) is 6.48. The molecule has 2 aromatic carbocycles. The first kappa shape index (κ1) is 23.4. The van der Waals surface area contributed by atoms with E-state index in [1.807, 2.05) is 45.9 Å². The van der Waals surface area contributed by atoms with E-state index in [1.165, 1.54) is 16.0 Å². The predicted octanol–water partition coefficient (Wildman–Crippen LogP) is 4.41. The van der Waals surface area contributed by atoms with E-state index in [9.17, 15) is 9.59 Å². The number of carbonyl (C=O) groups excluding carboxylic acids is 1. The number of amides is 1. The van der Waals surface area contributed by atoms with Gasteiger partial charge in [-0.05, 0) is 57.0 Å². The summed E-state index contributed by atoms with van der Waals surface area (Å²) in [5.74, 6) is 0.783. The molecule has 0 fully saturated rings. The number of fused-ring (bicyclic) bond motifs is 1. The molecule has 1 amide bonds. The highest BCUT2D eigenvalue weighted by molar-refractivity contribution is 7.19. The Labute approximate surface area is 201 Å². The molecule has 0 unspecified atom stereocenters. The van der Waals surface area contributed by atoms with E-state index in [4.69, 9.17) is 9.47 Å². The summed E-state index contributed by atoms with van der Waals surface area (Å²) < 4.78 is 12.6. The number of anilines is 1. The van der Waals surface area contributed by atoms with Crippen molar-refractivity contribution in [2.24, 2.45) is 0 Å². The van der Waals surface area contributed by atoms with E-state index in [-0.39, 0.29) is 18.0 Å². The Hall–Kier alpha value is -3.72. The number of methoxy groups -OCH3 is 2. The van der Waals surface area contributed by atoms with Crippen molar-refractivity contribution in [3.63, 3.8) is 0 Å². The van der Waals surface area contributed by atoms with Gasteiger partial charge in [0.2, 0.25) is 5.91 Å². The molecule has 4 aromatic rings. The van der Waals surface area contributed by atoms with E-state index in [0.29, 0.717) is 21.9 Å². The van der Waals surface area contributed by atoms with Crippen LogP contribution in [0.5, 0.6) is 11.5 Å².